The number of amides is 1. The maximum atomic E-state index is 13.3. The van der Waals surface area contributed by atoms with Gasteiger partial charge in [-0.05, 0) is 24.3 Å². The predicted molar refractivity (Wildman–Crippen MR) is 76.8 cm³/mol. The van der Waals surface area contributed by atoms with E-state index >= 15 is 0 Å². The molecular weight excluding hydrogens is 350 g/mol. The molecule has 1 aromatic carbocycles. The molecular formula is C14H9F4N3O4. The van der Waals surface area contributed by atoms with E-state index in [1.807, 2.05) is 0 Å². The molecule has 0 atom stereocenters. The molecule has 0 aliphatic heterocycles. The number of nitrogens with zero attached hydrogens (tertiary/aromatic N) is 2. The van der Waals surface area contributed by atoms with Gasteiger partial charge in [0, 0.05) is 18.0 Å². The Hall–Kier alpha value is -3.24. The molecule has 0 fully saturated rings. The number of hydrogen-bond donors (Lipinski definition) is 1. The van der Waals surface area contributed by atoms with Crippen LogP contribution in [0.15, 0.2) is 36.5 Å². The van der Waals surface area contributed by atoms with Crippen molar-refractivity contribution >= 4 is 17.3 Å². The summed E-state index contributed by atoms with van der Waals surface area (Å²) in [4.78, 5) is 25.4. The number of alkyl halides is 3. The van der Waals surface area contributed by atoms with Gasteiger partial charge in [0.25, 0.3) is 5.91 Å². The normalized spacial score (nSPS) is 11.0. The number of hydrogen-bond acceptors (Lipinski definition) is 5. The van der Waals surface area contributed by atoms with E-state index in [2.05, 4.69) is 15.0 Å². The molecule has 0 spiro atoms. The van der Waals surface area contributed by atoms with Crippen LogP contribution in [0.25, 0.3) is 0 Å². The summed E-state index contributed by atoms with van der Waals surface area (Å²) in [6, 6.07) is 5.07. The van der Waals surface area contributed by atoms with Gasteiger partial charge in [0.05, 0.1) is 4.92 Å². The van der Waals surface area contributed by atoms with Crippen LogP contribution in [0.3, 0.4) is 0 Å². The molecule has 0 aliphatic rings. The molecule has 1 aromatic heterocycles. The molecule has 7 nitrogen and oxygen atoms in total. The summed E-state index contributed by atoms with van der Waals surface area (Å²) in [5.41, 5.74) is -1.31. The van der Waals surface area contributed by atoms with E-state index in [0.29, 0.717) is 0 Å². The summed E-state index contributed by atoms with van der Waals surface area (Å²) in [6.07, 6.45) is -3.49. The lowest BCUT2D eigenvalue weighted by atomic mass is 10.2. The molecule has 0 unspecified atom stereocenters. The number of anilines is 1. The van der Waals surface area contributed by atoms with Crippen LogP contribution in [0.5, 0.6) is 5.88 Å². The van der Waals surface area contributed by atoms with E-state index < -0.39 is 41.0 Å². The summed E-state index contributed by atoms with van der Waals surface area (Å²) in [6.45, 7) is -1.65. The molecule has 1 N–H and O–H groups in total. The van der Waals surface area contributed by atoms with Crippen molar-refractivity contribution in [3.8, 4) is 5.88 Å². The van der Waals surface area contributed by atoms with Gasteiger partial charge in [-0.15, -0.1) is 0 Å². The largest absolute Gasteiger partial charge is 0.467 e. The fourth-order valence-corrected chi connectivity index (χ4v) is 1.76. The highest BCUT2D eigenvalue weighted by atomic mass is 19.4. The number of rotatable bonds is 5. The second kappa shape index (κ2) is 7.11. The standard InChI is InChI=1S/C14H9F4N3O4/c15-10-4-3-8(6-11(10)21(23)24)20-12(22)9-2-1-5-19-13(9)25-7-14(16,17)18/h1-6H,7H2,(H,20,22). The highest BCUT2D eigenvalue weighted by Crippen LogP contribution is 2.24. The van der Waals surface area contributed by atoms with Crippen LogP contribution in [0.2, 0.25) is 0 Å². The Morgan fingerprint density at radius 3 is 2.68 bits per heavy atom. The van der Waals surface area contributed by atoms with Gasteiger partial charge in [-0.1, -0.05) is 0 Å². The number of ether oxygens (including phenoxy) is 1. The SMILES string of the molecule is O=C(Nc1ccc(F)c([N+](=O)[O-])c1)c1cccnc1OCC(F)(F)F. The van der Waals surface area contributed by atoms with Gasteiger partial charge < -0.3 is 10.1 Å². The summed E-state index contributed by atoms with van der Waals surface area (Å²) < 4.78 is 54.4. The molecule has 2 rings (SSSR count). The Kier molecular flexibility index (Phi) is 5.15. The van der Waals surface area contributed by atoms with E-state index in [9.17, 15) is 32.5 Å². The molecule has 0 bridgehead atoms. The fraction of sp³-hybridized carbons (Fsp3) is 0.143. The van der Waals surface area contributed by atoms with Gasteiger partial charge >= 0.3 is 11.9 Å². The minimum absolute atomic E-state index is 0.122. The number of pyridine rings is 1. The predicted octanol–water partition coefficient (Wildman–Crippen LogP) is 3.32. The van der Waals surface area contributed by atoms with E-state index in [0.717, 1.165) is 30.5 Å². The quantitative estimate of drug-likeness (QED) is 0.502. The first-order valence-electron chi connectivity index (χ1n) is 6.57. The molecule has 132 valence electrons. The van der Waals surface area contributed by atoms with Crippen molar-refractivity contribution in [2.45, 2.75) is 6.18 Å². The van der Waals surface area contributed by atoms with Crippen molar-refractivity contribution in [3.05, 3.63) is 58.0 Å². The number of halogens is 4. The first-order valence-corrected chi connectivity index (χ1v) is 6.57. The third kappa shape index (κ3) is 4.86. The second-order valence-corrected chi connectivity index (χ2v) is 4.64. The lowest BCUT2D eigenvalue weighted by molar-refractivity contribution is -0.387. The Morgan fingerprint density at radius 1 is 1.32 bits per heavy atom. The van der Waals surface area contributed by atoms with Crippen LogP contribution in [-0.4, -0.2) is 28.6 Å². The maximum Gasteiger partial charge on any atom is 0.422 e. The monoisotopic (exact) mass is 359 g/mol. The molecule has 1 amide bonds. The number of nitro benzene ring substituents is 1. The highest BCUT2D eigenvalue weighted by Gasteiger charge is 2.29. The zero-order valence-corrected chi connectivity index (χ0v) is 12.2. The van der Waals surface area contributed by atoms with E-state index in [1.54, 1.807) is 0 Å². The number of aromatic nitrogens is 1. The molecule has 11 heteroatoms. The van der Waals surface area contributed by atoms with E-state index in [-0.39, 0.29) is 11.3 Å². The first-order chi connectivity index (χ1) is 11.7. The average Bonchev–Trinajstić information content (AvgIpc) is 2.54. The van der Waals surface area contributed by atoms with Gasteiger partial charge in [0.1, 0.15) is 5.56 Å². The van der Waals surface area contributed by atoms with Crippen LogP contribution in [-0.2, 0) is 0 Å². The van der Waals surface area contributed by atoms with Crippen LogP contribution in [0, 0.1) is 15.9 Å². The molecule has 0 radical (unpaired) electrons. The number of nitrogens with one attached hydrogen (secondary N) is 1. The maximum absolute atomic E-state index is 13.3. The number of carbonyl (C=O) groups excluding carboxylic acids is 1. The van der Waals surface area contributed by atoms with Crippen molar-refractivity contribution in [1.82, 2.24) is 4.98 Å². The molecule has 1 heterocycles. The Labute approximate surface area is 137 Å². The minimum atomic E-state index is -4.62. The van der Waals surface area contributed by atoms with Gasteiger partial charge in [-0.25, -0.2) is 4.98 Å². The molecule has 0 aliphatic carbocycles. The third-order valence-electron chi connectivity index (χ3n) is 2.79. The summed E-state index contributed by atoms with van der Waals surface area (Å²) in [5.74, 6) is -2.58. The average molecular weight is 359 g/mol. The van der Waals surface area contributed by atoms with Gasteiger partial charge in [-0.2, -0.15) is 17.6 Å². The lowest BCUT2D eigenvalue weighted by Crippen LogP contribution is -2.22. The Balaban J connectivity index is 2.22. The van der Waals surface area contributed by atoms with Gasteiger partial charge in [0.2, 0.25) is 11.7 Å². The topological polar surface area (TPSA) is 94.4 Å². The Bertz CT molecular complexity index is 811. The number of nitro groups is 1. The zero-order chi connectivity index (χ0) is 18.6. The first kappa shape index (κ1) is 18.1. The van der Waals surface area contributed by atoms with Crippen LogP contribution >= 0.6 is 0 Å². The zero-order valence-electron chi connectivity index (χ0n) is 12.2. The molecule has 0 saturated carbocycles. The summed E-state index contributed by atoms with van der Waals surface area (Å²) in [5, 5.41) is 12.9. The van der Waals surface area contributed by atoms with E-state index in [4.69, 9.17) is 0 Å². The second-order valence-electron chi connectivity index (χ2n) is 4.64. The summed E-state index contributed by atoms with van der Waals surface area (Å²) >= 11 is 0. The fourth-order valence-electron chi connectivity index (χ4n) is 1.76. The molecule has 25 heavy (non-hydrogen) atoms. The number of carbonyl (C=O) groups is 1. The third-order valence-corrected chi connectivity index (χ3v) is 2.79. The van der Waals surface area contributed by atoms with Crippen LogP contribution in [0.4, 0.5) is 28.9 Å². The van der Waals surface area contributed by atoms with Gasteiger partial charge in [-0.3, -0.25) is 14.9 Å². The van der Waals surface area contributed by atoms with Crippen molar-refractivity contribution in [2.24, 2.45) is 0 Å². The van der Waals surface area contributed by atoms with Gasteiger partial charge in [0.15, 0.2) is 6.61 Å². The summed E-state index contributed by atoms with van der Waals surface area (Å²) in [7, 11) is 0. The smallest absolute Gasteiger partial charge is 0.422 e. The highest BCUT2D eigenvalue weighted by molar-refractivity contribution is 6.05. The van der Waals surface area contributed by atoms with Crippen molar-refractivity contribution in [2.75, 3.05) is 11.9 Å². The van der Waals surface area contributed by atoms with Crippen molar-refractivity contribution in [1.29, 1.82) is 0 Å². The molecule has 0 saturated heterocycles. The lowest BCUT2D eigenvalue weighted by Gasteiger charge is -2.12. The molecule has 2 aromatic rings. The number of benzene rings is 1. The van der Waals surface area contributed by atoms with Crippen LogP contribution in [0.1, 0.15) is 10.4 Å². The van der Waals surface area contributed by atoms with E-state index in [1.165, 1.54) is 6.07 Å². The van der Waals surface area contributed by atoms with Crippen molar-refractivity contribution < 1.29 is 32.0 Å². The van der Waals surface area contributed by atoms with Crippen molar-refractivity contribution in [3.63, 3.8) is 0 Å². The van der Waals surface area contributed by atoms with Crippen LogP contribution < -0.4 is 10.1 Å². The Morgan fingerprint density at radius 2 is 2.04 bits per heavy atom. The minimum Gasteiger partial charge on any atom is -0.467 e.